The van der Waals surface area contributed by atoms with Crippen molar-refractivity contribution in [3.63, 3.8) is 0 Å². The molecule has 3 heterocycles. The maximum atomic E-state index is 12.3. The first-order valence-corrected chi connectivity index (χ1v) is 6.64. The summed E-state index contributed by atoms with van der Waals surface area (Å²) >= 11 is 0. The summed E-state index contributed by atoms with van der Waals surface area (Å²) in [6.45, 7) is 6.35. The second kappa shape index (κ2) is 4.36. The molecule has 0 aromatic heterocycles. The minimum atomic E-state index is -0.347. The minimum absolute atomic E-state index is 0. The predicted octanol–water partition coefficient (Wildman–Crippen LogP) is 1.66. The van der Waals surface area contributed by atoms with Crippen molar-refractivity contribution >= 4 is 18.4 Å². The molecule has 2 bridgehead atoms. The first-order chi connectivity index (χ1) is 8.06. The van der Waals surface area contributed by atoms with Gasteiger partial charge in [0.05, 0.1) is 17.8 Å². The topological polar surface area (TPSA) is 47.6 Å². The predicted molar refractivity (Wildman–Crippen MR) is 69.9 cm³/mol. The molecule has 4 aliphatic rings. The largest absolute Gasteiger partial charge is 0.465 e. The fourth-order valence-electron chi connectivity index (χ4n) is 4.20. The molecule has 4 rings (SSSR count). The summed E-state index contributed by atoms with van der Waals surface area (Å²) in [6.07, 6.45) is 3.56. The highest BCUT2D eigenvalue weighted by Gasteiger charge is 2.76. The Morgan fingerprint density at radius 2 is 1.94 bits per heavy atom. The molecule has 3 saturated heterocycles. The van der Waals surface area contributed by atoms with E-state index < -0.39 is 0 Å². The Morgan fingerprint density at radius 1 is 1.33 bits per heavy atom. The molecule has 3 aliphatic heterocycles. The molecule has 0 unspecified atom stereocenters. The number of halogens is 1. The van der Waals surface area contributed by atoms with Gasteiger partial charge < -0.3 is 14.8 Å². The zero-order chi connectivity index (χ0) is 12.1. The highest BCUT2D eigenvalue weighted by Crippen LogP contribution is 2.69. The van der Waals surface area contributed by atoms with Crippen LogP contribution in [0.15, 0.2) is 0 Å². The maximum absolute atomic E-state index is 12.3. The Labute approximate surface area is 114 Å². The number of ether oxygens (including phenoxy) is 2. The highest BCUT2D eigenvalue weighted by molar-refractivity contribution is 5.85. The van der Waals surface area contributed by atoms with Gasteiger partial charge in [0.25, 0.3) is 0 Å². The van der Waals surface area contributed by atoms with Crippen LogP contribution < -0.4 is 5.32 Å². The van der Waals surface area contributed by atoms with Crippen molar-refractivity contribution in [1.29, 1.82) is 0 Å². The van der Waals surface area contributed by atoms with Gasteiger partial charge in [0.2, 0.25) is 0 Å². The van der Waals surface area contributed by atoms with Crippen molar-refractivity contribution < 1.29 is 14.3 Å². The fourth-order valence-corrected chi connectivity index (χ4v) is 4.20. The second-order valence-corrected chi connectivity index (χ2v) is 5.95. The van der Waals surface area contributed by atoms with Crippen LogP contribution in [0, 0.1) is 5.41 Å². The zero-order valence-corrected chi connectivity index (χ0v) is 11.9. The zero-order valence-electron chi connectivity index (χ0n) is 11.1. The molecule has 18 heavy (non-hydrogen) atoms. The Balaban J connectivity index is 0.00000120. The van der Waals surface area contributed by atoms with Gasteiger partial charge >= 0.3 is 5.97 Å². The normalized spacial score (nSPS) is 39.9. The third-order valence-electron chi connectivity index (χ3n) is 4.74. The van der Waals surface area contributed by atoms with E-state index in [1.807, 2.05) is 6.92 Å². The van der Waals surface area contributed by atoms with Gasteiger partial charge in [-0.1, -0.05) is 0 Å². The number of esters is 1. The summed E-state index contributed by atoms with van der Waals surface area (Å²) in [6, 6.07) is 0. The lowest BCUT2D eigenvalue weighted by Gasteiger charge is -2.46. The van der Waals surface area contributed by atoms with Gasteiger partial charge in [-0.15, -0.1) is 12.4 Å². The van der Waals surface area contributed by atoms with E-state index in [0.29, 0.717) is 6.61 Å². The van der Waals surface area contributed by atoms with Crippen LogP contribution in [-0.2, 0) is 14.3 Å². The minimum Gasteiger partial charge on any atom is -0.465 e. The van der Waals surface area contributed by atoms with Crippen LogP contribution in [0.25, 0.3) is 0 Å². The Morgan fingerprint density at radius 3 is 2.50 bits per heavy atom. The Kier molecular flexibility index (Phi) is 3.41. The van der Waals surface area contributed by atoms with E-state index in [1.54, 1.807) is 0 Å². The molecular formula is C13H22ClNO3. The second-order valence-electron chi connectivity index (χ2n) is 5.95. The lowest BCUT2D eigenvalue weighted by Crippen LogP contribution is -2.57. The summed E-state index contributed by atoms with van der Waals surface area (Å²) in [7, 11) is 0. The standard InChI is InChI=1S/C13H21NO3.ClH/c1-3-16-10(15)12-8-11(2,9-12)17-13(12)4-6-14-7-5-13;/h14H,3-9H2,1-2H3;1H. The van der Waals surface area contributed by atoms with Crippen LogP contribution in [0.4, 0.5) is 0 Å². The number of hydrogen-bond acceptors (Lipinski definition) is 4. The van der Waals surface area contributed by atoms with Crippen molar-refractivity contribution in [2.45, 2.75) is 50.7 Å². The van der Waals surface area contributed by atoms with E-state index in [4.69, 9.17) is 9.47 Å². The number of rotatable bonds is 2. The van der Waals surface area contributed by atoms with Crippen LogP contribution in [-0.4, -0.2) is 36.9 Å². The first-order valence-electron chi connectivity index (χ1n) is 6.64. The Hall–Kier alpha value is -0.320. The number of piperidine rings is 1. The third kappa shape index (κ3) is 1.62. The van der Waals surface area contributed by atoms with Gasteiger partial charge in [-0.05, 0) is 52.6 Å². The van der Waals surface area contributed by atoms with Crippen molar-refractivity contribution in [3.8, 4) is 0 Å². The summed E-state index contributed by atoms with van der Waals surface area (Å²) in [4.78, 5) is 12.3. The molecule has 0 aromatic rings. The van der Waals surface area contributed by atoms with Gasteiger partial charge in [0.15, 0.2) is 0 Å². The van der Waals surface area contributed by atoms with Gasteiger partial charge in [-0.3, -0.25) is 4.79 Å². The fraction of sp³-hybridized carbons (Fsp3) is 0.923. The molecule has 0 atom stereocenters. The number of carbonyl (C=O) groups excluding carboxylic acids is 1. The molecule has 0 amide bonds. The Bertz CT molecular complexity index is 346. The molecule has 1 aliphatic carbocycles. The molecule has 5 heteroatoms. The monoisotopic (exact) mass is 275 g/mol. The van der Waals surface area contributed by atoms with Crippen molar-refractivity contribution in [1.82, 2.24) is 5.32 Å². The average Bonchev–Trinajstić information content (AvgIpc) is 2.62. The molecule has 1 saturated carbocycles. The molecule has 0 aromatic carbocycles. The van der Waals surface area contributed by atoms with Gasteiger partial charge in [0.1, 0.15) is 5.41 Å². The van der Waals surface area contributed by atoms with Crippen LogP contribution in [0.3, 0.4) is 0 Å². The molecule has 104 valence electrons. The van der Waals surface area contributed by atoms with Crippen molar-refractivity contribution in [2.75, 3.05) is 19.7 Å². The van der Waals surface area contributed by atoms with Gasteiger partial charge in [-0.2, -0.15) is 0 Å². The van der Waals surface area contributed by atoms with E-state index in [2.05, 4.69) is 12.2 Å². The smallest absolute Gasteiger partial charge is 0.315 e. The average molecular weight is 276 g/mol. The molecule has 1 N–H and O–H groups in total. The van der Waals surface area contributed by atoms with Crippen LogP contribution >= 0.6 is 12.4 Å². The van der Waals surface area contributed by atoms with Gasteiger partial charge in [-0.25, -0.2) is 0 Å². The van der Waals surface area contributed by atoms with Crippen molar-refractivity contribution in [2.24, 2.45) is 5.41 Å². The van der Waals surface area contributed by atoms with Crippen LogP contribution in [0.2, 0.25) is 0 Å². The maximum Gasteiger partial charge on any atom is 0.315 e. The van der Waals surface area contributed by atoms with E-state index in [0.717, 1.165) is 38.8 Å². The molecular weight excluding hydrogens is 254 g/mol. The van der Waals surface area contributed by atoms with Gasteiger partial charge in [0, 0.05) is 0 Å². The van der Waals surface area contributed by atoms with E-state index >= 15 is 0 Å². The third-order valence-corrected chi connectivity index (χ3v) is 4.74. The number of nitrogens with one attached hydrogen (secondary N) is 1. The SMILES string of the molecule is CCOC(=O)C12CC(C)(C1)OC21CCNCC1.Cl. The van der Waals surface area contributed by atoms with E-state index in [-0.39, 0.29) is 35.0 Å². The van der Waals surface area contributed by atoms with Crippen molar-refractivity contribution in [3.05, 3.63) is 0 Å². The van der Waals surface area contributed by atoms with Crippen LogP contribution in [0.5, 0.6) is 0 Å². The first kappa shape index (κ1) is 14.1. The lowest BCUT2D eigenvalue weighted by molar-refractivity contribution is -0.166. The number of carbonyl (C=O) groups is 1. The van der Waals surface area contributed by atoms with E-state index in [9.17, 15) is 4.79 Å². The number of hydrogen-bond donors (Lipinski definition) is 1. The lowest BCUT2D eigenvalue weighted by atomic mass is 9.54. The van der Waals surface area contributed by atoms with Crippen LogP contribution in [0.1, 0.15) is 39.5 Å². The van der Waals surface area contributed by atoms with E-state index in [1.165, 1.54) is 0 Å². The highest BCUT2D eigenvalue weighted by atomic mass is 35.5. The molecule has 1 spiro atoms. The summed E-state index contributed by atoms with van der Waals surface area (Å²) in [5.74, 6) is -0.0307. The quantitative estimate of drug-likeness (QED) is 0.779. The summed E-state index contributed by atoms with van der Waals surface area (Å²) in [5.41, 5.74) is -0.677. The molecule has 4 fully saturated rings. The molecule has 0 radical (unpaired) electrons. The molecule has 4 nitrogen and oxygen atoms in total. The summed E-state index contributed by atoms with van der Waals surface area (Å²) < 4.78 is 11.6. The summed E-state index contributed by atoms with van der Waals surface area (Å²) in [5, 5.41) is 3.34.